The van der Waals surface area contributed by atoms with Crippen LogP contribution in [0.5, 0.6) is 0 Å². The average Bonchev–Trinajstić information content (AvgIpc) is 2.10. The van der Waals surface area contributed by atoms with Gasteiger partial charge < -0.3 is 20.7 Å². The number of aliphatic carboxylic acids is 2. The average molecular weight is 209 g/mol. The zero-order valence-electron chi connectivity index (χ0n) is 7.35. The van der Waals surface area contributed by atoms with Gasteiger partial charge in [-0.05, 0) is 0 Å². The van der Waals surface area contributed by atoms with Gasteiger partial charge in [-0.2, -0.15) is 0 Å². The summed E-state index contributed by atoms with van der Waals surface area (Å²) in [6, 6.07) is -1.32. The molecule has 0 amide bonds. The lowest BCUT2D eigenvalue weighted by atomic mass is 10.1. The van der Waals surface area contributed by atoms with Crippen molar-refractivity contribution in [2.45, 2.75) is 18.6 Å². The Morgan fingerprint density at radius 1 is 1.36 bits per heavy atom. The van der Waals surface area contributed by atoms with E-state index in [1.807, 2.05) is 0 Å². The Bertz CT molecular complexity index is 210. The Morgan fingerprint density at radius 3 is 2.29 bits per heavy atom. The summed E-state index contributed by atoms with van der Waals surface area (Å²) < 4.78 is 16.2. The summed E-state index contributed by atoms with van der Waals surface area (Å²) in [4.78, 5) is 20.8. The first kappa shape index (κ1) is 12.8. The molecule has 0 aliphatic carbocycles. The molecule has 1 unspecified atom stereocenters. The molecule has 0 saturated carbocycles. The molecule has 7 heteroatoms. The zero-order chi connectivity index (χ0) is 11.1. The standard InChI is InChI=1S/C7H12FNO5/c8-1-2-14-5(7(12)13)3-4(9)6(10)11/h4-5H,1-3,9H2,(H,10,11)(H,12,13)/t4?,5-/m0/s1. The second-order valence-corrected chi connectivity index (χ2v) is 2.57. The molecule has 0 heterocycles. The van der Waals surface area contributed by atoms with Gasteiger partial charge in [0, 0.05) is 6.42 Å². The molecule has 0 radical (unpaired) electrons. The van der Waals surface area contributed by atoms with E-state index in [0.29, 0.717) is 0 Å². The second kappa shape index (κ2) is 6.28. The SMILES string of the molecule is NC(C[C@H](OCCF)C(=O)O)C(=O)O. The summed E-state index contributed by atoms with van der Waals surface area (Å²) in [5, 5.41) is 16.9. The van der Waals surface area contributed by atoms with E-state index >= 15 is 0 Å². The highest BCUT2D eigenvalue weighted by atomic mass is 19.1. The van der Waals surface area contributed by atoms with E-state index in [9.17, 15) is 14.0 Å². The maximum absolute atomic E-state index is 11.6. The van der Waals surface area contributed by atoms with Gasteiger partial charge in [0.05, 0.1) is 6.61 Å². The van der Waals surface area contributed by atoms with Gasteiger partial charge in [0.25, 0.3) is 0 Å². The fraction of sp³-hybridized carbons (Fsp3) is 0.714. The number of alkyl halides is 1. The molecule has 4 N–H and O–H groups in total. The van der Waals surface area contributed by atoms with Crippen LogP contribution >= 0.6 is 0 Å². The van der Waals surface area contributed by atoms with Crippen LogP contribution in [0.25, 0.3) is 0 Å². The van der Waals surface area contributed by atoms with Crippen LogP contribution in [0.15, 0.2) is 0 Å². The molecule has 0 aliphatic rings. The number of carboxylic acids is 2. The third-order valence-electron chi connectivity index (χ3n) is 1.46. The summed E-state index contributed by atoms with van der Waals surface area (Å²) in [7, 11) is 0. The molecule has 0 bridgehead atoms. The predicted molar refractivity (Wildman–Crippen MR) is 43.6 cm³/mol. The molecule has 0 rings (SSSR count). The lowest BCUT2D eigenvalue weighted by Gasteiger charge is -2.14. The van der Waals surface area contributed by atoms with E-state index in [-0.39, 0.29) is 13.0 Å². The minimum absolute atomic E-state index is 0.384. The molecule has 0 aromatic heterocycles. The molecule has 0 aromatic rings. The largest absolute Gasteiger partial charge is 0.480 e. The van der Waals surface area contributed by atoms with Crippen molar-refractivity contribution < 1.29 is 28.9 Å². The fourth-order valence-corrected chi connectivity index (χ4v) is 0.758. The highest BCUT2D eigenvalue weighted by Crippen LogP contribution is 2.02. The van der Waals surface area contributed by atoms with Crippen LogP contribution < -0.4 is 5.73 Å². The van der Waals surface area contributed by atoms with Crippen LogP contribution in [-0.4, -0.2) is 47.6 Å². The van der Waals surface area contributed by atoms with Gasteiger partial charge in [0.1, 0.15) is 12.7 Å². The van der Waals surface area contributed by atoms with E-state index in [0.717, 1.165) is 0 Å². The summed E-state index contributed by atoms with van der Waals surface area (Å²) in [5.41, 5.74) is 5.09. The van der Waals surface area contributed by atoms with Crippen molar-refractivity contribution in [3.8, 4) is 0 Å². The van der Waals surface area contributed by atoms with Crippen LogP contribution in [0, 0.1) is 0 Å². The maximum atomic E-state index is 11.6. The van der Waals surface area contributed by atoms with Crippen molar-refractivity contribution in [2.24, 2.45) is 5.73 Å². The van der Waals surface area contributed by atoms with Crippen molar-refractivity contribution in [1.82, 2.24) is 0 Å². The van der Waals surface area contributed by atoms with Crippen LogP contribution in [0.3, 0.4) is 0 Å². The topological polar surface area (TPSA) is 110 Å². The molecule has 0 aromatic carbocycles. The lowest BCUT2D eigenvalue weighted by molar-refractivity contribution is -0.152. The minimum atomic E-state index is -1.38. The van der Waals surface area contributed by atoms with E-state index in [1.54, 1.807) is 0 Å². The molecule has 0 saturated heterocycles. The van der Waals surface area contributed by atoms with Gasteiger partial charge in [-0.1, -0.05) is 0 Å². The van der Waals surface area contributed by atoms with Crippen molar-refractivity contribution in [3.63, 3.8) is 0 Å². The Balaban J connectivity index is 4.08. The number of carboxylic acid groups (broad SMARTS) is 2. The Morgan fingerprint density at radius 2 is 1.93 bits per heavy atom. The zero-order valence-corrected chi connectivity index (χ0v) is 7.35. The van der Waals surface area contributed by atoms with Crippen molar-refractivity contribution in [3.05, 3.63) is 0 Å². The normalized spacial score (nSPS) is 14.7. The quantitative estimate of drug-likeness (QED) is 0.507. The molecule has 14 heavy (non-hydrogen) atoms. The van der Waals surface area contributed by atoms with Crippen LogP contribution in [0.4, 0.5) is 4.39 Å². The van der Waals surface area contributed by atoms with Crippen LogP contribution in [0.1, 0.15) is 6.42 Å². The predicted octanol–water partition coefficient (Wildman–Crippen LogP) is -0.772. The summed E-state index contributed by atoms with van der Waals surface area (Å²) in [5.74, 6) is -2.67. The number of hydrogen-bond donors (Lipinski definition) is 3. The number of hydrogen-bond acceptors (Lipinski definition) is 4. The van der Waals surface area contributed by atoms with E-state index in [1.165, 1.54) is 0 Å². The van der Waals surface area contributed by atoms with Gasteiger partial charge in [0.15, 0.2) is 6.10 Å². The smallest absolute Gasteiger partial charge is 0.332 e. The van der Waals surface area contributed by atoms with Gasteiger partial charge in [0.2, 0.25) is 0 Å². The maximum Gasteiger partial charge on any atom is 0.332 e. The Labute approximate surface area is 79.5 Å². The van der Waals surface area contributed by atoms with E-state index in [2.05, 4.69) is 4.74 Å². The number of ether oxygens (including phenoxy) is 1. The molecular formula is C7H12FNO5. The summed E-state index contributed by atoms with van der Waals surface area (Å²) in [6.45, 7) is -1.21. The molecule has 82 valence electrons. The van der Waals surface area contributed by atoms with Gasteiger partial charge in [-0.15, -0.1) is 0 Å². The first-order valence-corrected chi connectivity index (χ1v) is 3.87. The molecular weight excluding hydrogens is 197 g/mol. The number of rotatable bonds is 7. The molecule has 2 atom stereocenters. The number of halogens is 1. The van der Waals surface area contributed by atoms with Crippen molar-refractivity contribution in [1.29, 1.82) is 0 Å². The van der Waals surface area contributed by atoms with Crippen molar-refractivity contribution in [2.75, 3.05) is 13.3 Å². The second-order valence-electron chi connectivity index (χ2n) is 2.57. The molecule has 0 fully saturated rings. The highest BCUT2D eigenvalue weighted by Gasteiger charge is 2.24. The van der Waals surface area contributed by atoms with Gasteiger partial charge in [-0.25, -0.2) is 9.18 Å². The number of nitrogens with two attached hydrogens (primary N) is 1. The minimum Gasteiger partial charge on any atom is -0.480 e. The summed E-state index contributed by atoms with van der Waals surface area (Å²) in [6.07, 6.45) is -1.76. The molecule has 0 spiro atoms. The Kier molecular flexibility index (Phi) is 5.73. The first-order valence-electron chi connectivity index (χ1n) is 3.87. The highest BCUT2D eigenvalue weighted by molar-refractivity contribution is 5.76. The van der Waals surface area contributed by atoms with Crippen LogP contribution in [-0.2, 0) is 14.3 Å². The number of carbonyl (C=O) groups is 2. The molecule has 0 aliphatic heterocycles. The third-order valence-corrected chi connectivity index (χ3v) is 1.46. The van der Waals surface area contributed by atoms with E-state index in [4.69, 9.17) is 15.9 Å². The third kappa shape index (κ3) is 4.73. The monoisotopic (exact) mass is 209 g/mol. The van der Waals surface area contributed by atoms with E-state index < -0.39 is 30.8 Å². The van der Waals surface area contributed by atoms with Gasteiger partial charge in [-0.3, -0.25) is 4.79 Å². The fourth-order valence-electron chi connectivity index (χ4n) is 0.758. The van der Waals surface area contributed by atoms with Gasteiger partial charge >= 0.3 is 11.9 Å². The van der Waals surface area contributed by atoms with Crippen LogP contribution in [0.2, 0.25) is 0 Å². The molecule has 6 nitrogen and oxygen atoms in total. The lowest BCUT2D eigenvalue weighted by Crippen LogP contribution is -2.38. The first-order chi connectivity index (χ1) is 6.49. The Hall–Kier alpha value is -1.21. The van der Waals surface area contributed by atoms with Crippen molar-refractivity contribution >= 4 is 11.9 Å². The summed E-state index contributed by atoms with van der Waals surface area (Å²) >= 11 is 0.